The molecular formula is C24H28N2O2. The van der Waals surface area contributed by atoms with Crippen LogP contribution in [0.3, 0.4) is 0 Å². The zero-order chi connectivity index (χ0) is 19.6. The molecule has 0 unspecified atom stereocenters. The van der Waals surface area contributed by atoms with Gasteiger partial charge in [0.1, 0.15) is 0 Å². The Hall–Kier alpha value is -2.43. The lowest BCUT2D eigenvalue weighted by Gasteiger charge is -2.30. The molecule has 1 aliphatic carbocycles. The summed E-state index contributed by atoms with van der Waals surface area (Å²) in [4.78, 5) is 15.7. The minimum atomic E-state index is -1.66. The Morgan fingerprint density at radius 1 is 1.04 bits per heavy atom. The van der Waals surface area contributed by atoms with Crippen LogP contribution in [0.4, 0.5) is 0 Å². The summed E-state index contributed by atoms with van der Waals surface area (Å²) in [7, 11) is 0. The Bertz CT molecular complexity index is 855. The third-order valence-electron chi connectivity index (χ3n) is 6.12. The first kappa shape index (κ1) is 18.9. The predicted octanol–water partition coefficient (Wildman–Crippen LogP) is 2.79. The molecule has 0 aromatic heterocycles. The van der Waals surface area contributed by atoms with Crippen LogP contribution in [0.5, 0.6) is 0 Å². The van der Waals surface area contributed by atoms with Crippen molar-refractivity contribution in [3.63, 3.8) is 0 Å². The molecule has 28 heavy (non-hydrogen) atoms. The summed E-state index contributed by atoms with van der Waals surface area (Å²) in [5, 5.41) is 14.8. The summed E-state index contributed by atoms with van der Waals surface area (Å²) in [5.74, 6) is -0.340. The van der Waals surface area contributed by atoms with Crippen molar-refractivity contribution < 1.29 is 9.90 Å². The van der Waals surface area contributed by atoms with Gasteiger partial charge in [-0.1, -0.05) is 67.1 Å². The first-order valence-corrected chi connectivity index (χ1v) is 10.2. The van der Waals surface area contributed by atoms with Gasteiger partial charge in [0, 0.05) is 30.8 Å². The second kappa shape index (κ2) is 7.90. The summed E-state index contributed by atoms with van der Waals surface area (Å²) in [6.07, 6.45) is 4.80. The van der Waals surface area contributed by atoms with Crippen LogP contribution in [0.1, 0.15) is 35.6 Å². The molecule has 1 heterocycles. The van der Waals surface area contributed by atoms with Crippen molar-refractivity contribution in [3.8, 4) is 0 Å². The van der Waals surface area contributed by atoms with Crippen LogP contribution in [-0.4, -0.2) is 42.1 Å². The van der Waals surface area contributed by atoms with Gasteiger partial charge in [-0.05, 0) is 36.9 Å². The normalized spacial score (nSPS) is 18.4. The van der Waals surface area contributed by atoms with Gasteiger partial charge in [-0.2, -0.15) is 0 Å². The highest BCUT2D eigenvalue weighted by Crippen LogP contribution is 2.38. The number of carbonyl (C=O) groups is 1. The SMILES string of the molecule is CCN1CC=C(CNC(=O)C2(O)c3ccccc3CCc3ccccc32)CC1. The number of nitrogens with one attached hydrogen (secondary N) is 1. The first-order chi connectivity index (χ1) is 13.6. The molecule has 2 aromatic carbocycles. The topological polar surface area (TPSA) is 52.6 Å². The summed E-state index contributed by atoms with van der Waals surface area (Å²) >= 11 is 0. The van der Waals surface area contributed by atoms with Gasteiger partial charge in [0.2, 0.25) is 0 Å². The Morgan fingerprint density at radius 2 is 1.64 bits per heavy atom. The molecule has 2 aromatic rings. The third-order valence-corrected chi connectivity index (χ3v) is 6.12. The second-order valence-electron chi connectivity index (χ2n) is 7.71. The molecule has 0 saturated carbocycles. The molecule has 1 amide bonds. The van der Waals surface area contributed by atoms with Gasteiger partial charge in [0.05, 0.1) is 0 Å². The van der Waals surface area contributed by atoms with Gasteiger partial charge >= 0.3 is 0 Å². The molecule has 0 bridgehead atoms. The summed E-state index contributed by atoms with van der Waals surface area (Å²) in [6.45, 7) is 5.65. The van der Waals surface area contributed by atoms with Gasteiger partial charge in [-0.15, -0.1) is 0 Å². The lowest BCUT2D eigenvalue weighted by atomic mass is 9.82. The summed E-state index contributed by atoms with van der Waals surface area (Å²) < 4.78 is 0. The maximum atomic E-state index is 13.4. The highest BCUT2D eigenvalue weighted by molar-refractivity contribution is 5.91. The van der Waals surface area contributed by atoms with E-state index in [-0.39, 0.29) is 5.91 Å². The zero-order valence-corrected chi connectivity index (χ0v) is 16.4. The number of benzene rings is 2. The zero-order valence-electron chi connectivity index (χ0n) is 16.4. The molecular weight excluding hydrogens is 348 g/mol. The molecule has 0 atom stereocenters. The van der Waals surface area contributed by atoms with Crippen molar-refractivity contribution in [2.45, 2.75) is 31.8 Å². The van der Waals surface area contributed by atoms with Gasteiger partial charge in [-0.3, -0.25) is 9.69 Å². The van der Waals surface area contributed by atoms with Crippen molar-refractivity contribution in [1.29, 1.82) is 0 Å². The van der Waals surface area contributed by atoms with Crippen LogP contribution in [0, 0.1) is 0 Å². The smallest absolute Gasteiger partial charge is 0.261 e. The van der Waals surface area contributed by atoms with E-state index >= 15 is 0 Å². The van der Waals surface area contributed by atoms with Crippen LogP contribution in [0.25, 0.3) is 0 Å². The minimum absolute atomic E-state index is 0.340. The monoisotopic (exact) mass is 376 g/mol. The fraction of sp³-hybridized carbons (Fsp3) is 0.375. The Labute approximate surface area is 166 Å². The van der Waals surface area contributed by atoms with Crippen molar-refractivity contribution >= 4 is 5.91 Å². The third kappa shape index (κ3) is 3.38. The molecule has 1 aliphatic heterocycles. The van der Waals surface area contributed by atoms with Gasteiger partial charge < -0.3 is 10.4 Å². The van der Waals surface area contributed by atoms with E-state index in [1.807, 2.05) is 48.5 Å². The number of hydrogen-bond acceptors (Lipinski definition) is 3. The van der Waals surface area contributed by atoms with E-state index in [9.17, 15) is 9.90 Å². The van der Waals surface area contributed by atoms with Crippen LogP contribution in [0.2, 0.25) is 0 Å². The van der Waals surface area contributed by atoms with Crippen LogP contribution >= 0.6 is 0 Å². The van der Waals surface area contributed by atoms with Crippen molar-refractivity contribution in [1.82, 2.24) is 10.2 Å². The molecule has 2 N–H and O–H groups in total. The molecule has 4 nitrogen and oxygen atoms in total. The number of carbonyl (C=O) groups excluding carboxylic acids is 1. The van der Waals surface area contributed by atoms with E-state index in [0.29, 0.717) is 17.7 Å². The van der Waals surface area contributed by atoms with Gasteiger partial charge in [0.25, 0.3) is 5.91 Å². The number of amides is 1. The lowest BCUT2D eigenvalue weighted by molar-refractivity contribution is -0.136. The summed E-state index contributed by atoms with van der Waals surface area (Å²) in [5.41, 5.74) is 3.05. The molecule has 0 spiro atoms. The van der Waals surface area contributed by atoms with E-state index < -0.39 is 5.60 Å². The number of likely N-dealkylation sites (N-methyl/N-ethyl adjacent to an activating group) is 1. The second-order valence-corrected chi connectivity index (χ2v) is 7.71. The quantitative estimate of drug-likeness (QED) is 0.807. The maximum Gasteiger partial charge on any atom is 0.261 e. The van der Waals surface area contributed by atoms with Gasteiger partial charge in [0.15, 0.2) is 5.60 Å². The highest BCUT2D eigenvalue weighted by Gasteiger charge is 2.43. The van der Waals surface area contributed by atoms with E-state index in [1.165, 1.54) is 5.57 Å². The minimum Gasteiger partial charge on any atom is -0.372 e. The molecule has 0 fully saturated rings. The van der Waals surface area contributed by atoms with E-state index in [0.717, 1.165) is 50.0 Å². The Balaban J connectivity index is 1.64. The standard InChI is InChI=1S/C24H28N2O2/c1-2-26-15-13-18(14-16-26)17-25-23(27)24(28)21-9-5-3-7-19(21)11-12-20-8-4-6-10-22(20)24/h3-10,13,28H,2,11-12,14-17H2,1H3,(H,25,27). The first-order valence-electron chi connectivity index (χ1n) is 10.2. The van der Waals surface area contributed by atoms with E-state index in [4.69, 9.17) is 0 Å². The van der Waals surface area contributed by atoms with Crippen LogP contribution < -0.4 is 5.32 Å². The fourth-order valence-electron chi connectivity index (χ4n) is 4.36. The molecule has 0 radical (unpaired) electrons. The number of rotatable bonds is 4. The van der Waals surface area contributed by atoms with E-state index in [2.05, 4.69) is 23.2 Å². The molecule has 0 saturated heterocycles. The lowest BCUT2D eigenvalue weighted by Crippen LogP contribution is -2.47. The number of nitrogens with zero attached hydrogens (tertiary/aromatic N) is 1. The Kier molecular flexibility index (Phi) is 5.33. The molecule has 146 valence electrons. The molecule has 4 rings (SSSR count). The van der Waals surface area contributed by atoms with Gasteiger partial charge in [-0.25, -0.2) is 0 Å². The Morgan fingerprint density at radius 3 is 2.18 bits per heavy atom. The van der Waals surface area contributed by atoms with Crippen LogP contribution in [0.15, 0.2) is 60.2 Å². The highest BCUT2D eigenvalue weighted by atomic mass is 16.3. The van der Waals surface area contributed by atoms with Crippen molar-refractivity contribution in [2.24, 2.45) is 0 Å². The predicted molar refractivity (Wildman–Crippen MR) is 111 cm³/mol. The number of fused-ring (bicyclic) bond motifs is 2. The van der Waals surface area contributed by atoms with Crippen LogP contribution in [-0.2, 0) is 23.2 Å². The van der Waals surface area contributed by atoms with E-state index in [1.54, 1.807) is 0 Å². The largest absolute Gasteiger partial charge is 0.372 e. The van der Waals surface area contributed by atoms with Crippen molar-refractivity contribution in [2.75, 3.05) is 26.2 Å². The summed E-state index contributed by atoms with van der Waals surface area (Å²) in [6, 6.07) is 15.5. The van der Waals surface area contributed by atoms with Crippen molar-refractivity contribution in [3.05, 3.63) is 82.4 Å². The molecule has 2 aliphatic rings. The number of hydrogen-bond donors (Lipinski definition) is 2. The average molecular weight is 377 g/mol. The fourth-order valence-corrected chi connectivity index (χ4v) is 4.36. The number of aliphatic hydroxyl groups is 1. The number of aryl methyl sites for hydroxylation is 2. The average Bonchev–Trinajstić information content (AvgIpc) is 2.88. The maximum absolute atomic E-state index is 13.4. The molecule has 4 heteroatoms.